The van der Waals surface area contributed by atoms with Crippen molar-refractivity contribution in [2.24, 2.45) is 0 Å². The second-order valence-corrected chi connectivity index (χ2v) is 5.59. The van der Waals surface area contributed by atoms with E-state index in [-0.39, 0.29) is 5.78 Å². The Balaban J connectivity index is 1.72. The van der Waals surface area contributed by atoms with Gasteiger partial charge >= 0.3 is 6.03 Å². The summed E-state index contributed by atoms with van der Waals surface area (Å²) in [6.07, 6.45) is 1.66. The van der Waals surface area contributed by atoms with Gasteiger partial charge in [-0.15, -0.1) is 0 Å². The molecular weight excluding hydrogens is 332 g/mol. The number of H-pyrrole nitrogens is 1. The number of ether oxygens (including phenoxy) is 1. The molecule has 0 atom stereocenters. The molecule has 7 nitrogen and oxygen atoms in total. The van der Waals surface area contributed by atoms with Gasteiger partial charge in [0.2, 0.25) is 0 Å². The van der Waals surface area contributed by atoms with Crippen molar-refractivity contribution in [3.05, 3.63) is 60.7 Å². The molecule has 0 fully saturated rings. The Labute approximate surface area is 150 Å². The van der Waals surface area contributed by atoms with Crippen molar-refractivity contribution in [2.45, 2.75) is 6.92 Å². The largest absolute Gasteiger partial charge is 0.490 e. The van der Waals surface area contributed by atoms with Crippen molar-refractivity contribution >= 4 is 34.2 Å². The molecule has 3 aromatic rings. The molecule has 3 rings (SSSR count). The van der Waals surface area contributed by atoms with Gasteiger partial charge in [0.1, 0.15) is 12.4 Å². The van der Waals surface area contributed by atoms with Gasteiger partial charge in [-0.1, -0.05) is 12.7 Å². The molecule has 1 heterocycles. The normalized spacial score (nSPS) is 10.3. The monoisotopic (exact) mass is 350 g/mol. The summed E-state index contributed by atoms with van der Waals surface area (Å²) >= 11 is 0. The molecule has 0 aliphatic rings. The van der Waals surface area contributed by atoms with E-state index in [1.54, 1.807) is 36.4 Å². The van der Waals surface area contributed by atoms with Crippen LogP contribution >= 0.6 is 0 Å². The van der Waals surface area contributed by atoms with Gasteiger partial charge in [-0.05, 0) is 49.4 Å². The van der Waals surface area contributed by atoms with Gasteiger partial charge in [0.25, 0.3) is 0 Å². The average Bonchev–Trinajstić information content (AvgIpc) is 3.02. The molecule has 0 bridgehead atoms. The molecule has 0 aliphatic carbocycles. The number of benzene rings is 2. The molecule has 3 N–H and O–H groups in total. The lowest BCUT2D eigenvalue weighted by atomic mass is 10.1. The van der Waals surface area contributed by atoms with E-state index in [9.17, 15) is 9.59 Å². The zero-order valence-corrected chi connectivity index (χ0v) is 14.2. The second-order valence-electron chi connectivity index (χ2n) is 5.59. The van der Waals surface area contributed by atoms with E-state index in [1.165, 1.54) is 6.92 Å². The third kappa shape index (κ3) is 3.89. The number of amides is 2. The fourth-order valence-corrected chi connectivity index (χ4v) is 2.39. The first-order valence-corrected chi connectivity index (χ1v) is 7.97. The molecule has 7 heteroatoms. The lowest BCUT2D eigenvalue weighted by Gasteiger charge is -2.07. The van der Waals surface area contributed by atoms with E-state index in [2.05, 4.69) is 27.4 Å². The first-order valence-electron chi connectivity index (χ1n) is 7.97. The molecule has 0 unspecified atom stereocenters. The summed E-state index contributed by atoms with van der Waals surface area (Å²) < 4.78 is 5.50. The van der Waals surface area contributed by atoms with Crippen LogP contribution in [-0.4, -0.2) is 28.6 Å². The van der Waals surface area contributed by atoms with Crippen LogP contribution in [0.5, 0.6) is 5.75 Å². The molecule has 26 heavy (non-hydrogen) atoms. The number of hydrogen-bond donors (Lipinski definition) is 3. The molecule has 1 aromatic heterocycles. The molecule has 2 amide bonds. The third-order valence-electron chi connectivity index (χ3n) is 3.68. The van der Waals surface area contributed by atoms with Gasteiger partial charge in [-0.2, -0.15) is 5.10 Å². The predicted molar refractivity (Wildman–Crippen MR) is 101 cm³/mol. The highest BCUT2D eigenvalue weighted by atomic mass is 16.5. The number of aromatic nitrogens is 2. The fourth-order valence-electron chi connectivity index (χ4n) is 2.39. The van der Waals surface area contributed by atoms with Crippen LogP contribution in [0.3, 0.4) is 0 Å². The van der Waals surface area contributed by atoms with Gasteiger partial charge in [0, 0.05) is 16.6 Å². The lowest BCUT2D eigenvalue weighted by Crippen LogP contribution is -2.19. The zero-order valence-electron chi connectivity index (χ0n) is 14.2. The zero-order chi connectivity index (χ0) is 18.5. The van der Waals surface area contributed by atoms with Crippen LogP contribution < -0.4 is 15.4 Å². The quantitative estimate of drug-likeness (QED) is 0.463. The van der Waals surface area contributed by atoms with Crippen molar-refractivity contribution in [3.63, 3.8) is 0 Å². The Morgan fingerprint density at radius 2 is 1.96 bits per heavy atom. The number of fused-ring (bicyclic) bond motifs is 1. The molecule has 0 saturated heterocycles. The summed E-state index contributed by atoms with van der Waals surface area (Å²) in [6.45, 7) is 5.50. The molecule has 0 radical (unpaired) electrons. The molecule has 0 aliphatic heterocycles. The third-order valence-corrected chi connectivity index (χ3v) is 3.68. The minimum Gasteiger partial charge on any atom is -0.490 e. The molecule has 0 spiro atoms. The minimum absolute atomic E-state index is 0.0292. The lowest BCUT2D eigenvalue weighted by molar-refractivity contribution is 0.101. The number of ketones is 1. The number of urea groups is 1. The van der Waals surface area contributed by atoms with Crippen LogP contribution in [0.25, 0.3) is 10.9 Å². The number of Topliss-reactive ketones (excluding diaryl/α,β-unsaturated/α-hetero) is 1. The maximum Gasteiger partial charge on any atom is 0.324 e. The van der Waals surface area contributed by atoms with E-state index < -0.39 is 6.03 Å². The van der Waals surface area contributed by atoms with Gasteiger partial charge in [-0.25, -0.2) is 4.79 Å². The van der Waals surface area contributed by atoms with E-state index in [0.717, 1.165) is 10.9 Å². The summed E-state index contributed by atoms with van der Waals surface area (Å²) in [4.78, 5) is 23.5. The molecule has 132 valence electrons. The van der Waals surface area contributed by atoms with Crippen molar-refractivity contribution in [3.8, 4) is 5.75 Å². The Morgan fingerprint density at radius 1 is 1.19 bits per heavy atom. The van der Waals surface area contributed by atoms with Gasteiger partial charge < -0.3 is 10.1 Å². The van der Waals surface area contributed by atoms with Gasteiger partial charge in [-0.3, -0.25) is 15.2 Å². The van der Waals surface area contributed by atoms with E-state index in [4.69, 9.17) is 4.74 Å². The Kier molecular flexibility index (Phi) is 4.98. The number of carbonyl (C=O) groups is 2. The van der Waals surface area contributed by atoms with Crippen LogP contribution in [0.4, 0.5) is 16.3 Å². The molecule has 2 aromatic carbocycles. The highest BCUT2D eigenvalue weighted by Gasteiger charge is 2.11. The van der Waals surface area contributed by atoms with E-state index in [0.29, 0.717) is 29.4 Å². The van der Waals surface area contributed by atoms with Crippen molar-refractivity contribution in [1.29, 1.82) is 0 Å². The first-order chi connectivity index (χ1) is 12.6. The van der Waals surface area contributed by atoms with Crippen LogP contribution in [0, 0.1) is 0 Å². The smallest absolute Gasteiger partial charge is 0.324 e. The van der Waals surface area contributed by atoms with Crippen LogP contribution in [0.1, 0.15) is 17.3 Å². The minimum atomic E-state index is -0.439. The first kappa shape index (κ1) is 17.2. The summed E-state index contributed by atoms with van der Waals surface area (Å²) in [5, 5.41) is 13.1. The Bertz CT molecular complexity index is 961. The van der Waals surface area contributed by atoms with Crippen LogP contribution in [0.15, 0.2) is 55.1 Å². The van der Waals surface area contributed by atoms with Crippen molar-refractivity contribution in [1.82, 2.24) is 10.2 Å². The number of nitrogens with one attached hydrogen (secondary N) is 3. The average molecular weight is 350 g/mol. The van der Waals surface area contributed by atoms with Crippen LogP contribution in [0.2, 0.25) is 0 Å². The number of nitrogens with zero attached hydrogens (tertiary/aromatic N) is 1. The summed E-state index contributed by atoms with van der Waals surface area (Å²) in [5.74, 6) is 1.02. The number of hydrogen-bond acceptors (Lipinski definition) is 4. The number of anilines is 2. The summed E-state index contributed by atoms with van der Waals surface area (Å²) in [7, 11) is 0. The van der Waals surface area contributed by atoms with Crippen molar-refractivity contribution in [2.75, 3.05) is 17.2 Å². The molecular formula is C19H18N4O3. The number of carbonyl (C=O) groups excluding carboxylic acids is 2. The van der Waals surface area contributed by atoms with Crippen molar-refractivity contribution < 1.29 is 14.3 Å². The fraction of sp³-hybridized carbons (Fsp3) is 0.105. The Morgan fingerprint density at radius 3 is 2.65 bits per heavy atom. The number of rotatable bonds is 6. The highest BCUT2D eigenvalue weighted by Crippen LogP contribution is 2.25. The summed E-state index contributed by atoms with van der Waals surface area (Å²) in [6, 6.07) is 11.6. The second kappa shape index (κ2) is 7.52. The Hall–Kier alpha value is -3.61. The maximum absolute atomic E-state index is 12.2. The predicted octanol–water partition coefficient (Wildman–Crippen LogP) is 3.97. The maximum atomic E-state index is 12.2. The molecule has 0 saturated carbocycles. The van der Waals surface area contributed by atoms with E-state index >= 15 is 0 Å². The van der Waals surface area contributed by atoms with Gasteiger partial charge in [0.05, 0.1) is 5.52 Å². The van der Waals surface area contributed by atoms with E-state index in [1.807, 2.05) is 12.1 Å². The number of aromatic amines is 1. The topological polar surface area (TPSA) is 96.1 Å². The SMILES string of the molecule is C=CCOc1ccc2[nH]nc(NC(=O)Nc3ccc(C(C)=O)cc3)c2c1. The van der Waals surface area contributed by atoms with Crippen LogP contribution in [-0.2, 0) is 0 Å². The standard InChI is InChI=1S/C19H18N4O3/c1-3-10-26-15-8-9-17-16(11-15)18(23-22-17)21-19(25)20-14-6-4-13(5-7-14)12(2)24/h3-9,11H,1,10H2,2H3,(H3,20,21,22,23,25). The van der Waals surface area contributed by atoms with Gasteiger partial charge in [0.15, 0.2) is 11.6 Å². The summed E-state index contributed by atoms with van der Waals surface area (Å²) in [5.41, 5.74) is 1.93. The highest BCUT2D eigenvalue weighted by molar-refractivity contribution is 6.05.